The van der Waals surface area contributed by atoms with Gasteiger partial charge >= 0.3 is 13.5 Å². The number of fused-ring (bicyclic) bond motifs is 3. The summed E-state index contributed by atoms with van der Waals surface area (Å²) in [6.45, 7) is 5.03. The molecule has 0 bridgehead atoms. The van der Waals surface area contributed by atoms with Crippen LogP contribution < -0.4 is 16.1 Å². The Bertz CT molecular complexity index is 2130. The summed E-state index contributed by atoms with van der Waals surface area (Å²) >= 11 is 0. The number of aromatic nitrogens is 6. The highest BCUT2D eigenvalue weighted by Gasteiger charge is 2.24. The second-order valence-electron chi connectivity index (χ2n) is 10.8. The van der Waals surface area contributed by atoms with Crippen molar-refractivity contribution >= 4 is 35.7 Å². The van der Waals surface area contributed by atoms with Gasteiger partial charge in [0.1, 0.15) is 12.2 Å². The Morgan fingerprint density at radius 3 is 2.36 bits per heavy atom. The Morgan fingerprint density at radius 2 is 1.71 bits per heavy atom. The van der Waals surface area contributed by atoms with Crippen LogP contribution in [0.4, 0.5) is 5.95 Å². The Kier molecular flexibility index (Phi) is 7.77. The molecular formula is C29H27N8O7P. The Labute approximate surface area is 255 Å². The van der Waals surface area contributed by atoms with Crippen molar-refractivity contribution in [2.24, 2.45) is 0 Å². The molecule has 0 radical (unpaired) electrons. The molecule has 1 fully saturated rings. The summed E-state index contributed by atoms with van der Waals surface area (Å²) in [5, 5.41) is 9.54. The predicted octanol–water partition coefficient (Wildman–Crippen LogP) is 2.26. The molecule has 4 aromatic heterocycles. The highest BCUT2D eigenvalue weighted by molar-refractivity contribution is 7.46. The van der Waals surface area contributed by atoms with E-state index in [2.05, 4.69) is 25.5 Å². The number of anilines is 1. The lowest BCUT2D eigenvalue weighted by Crippen LogP contribution is -2.40. The lowest BCUT2D eigenvalue weighted by atomic mass is 9.86. The van der Waals surface area contributed by atoms with Crippen LogP contribution in [-0.4, -0.2) is 65.2 Å². The number of morpholine rings is 1. The van der Waals surface area contributed by atoms with E-state index in [1.165, 1.54) is 10.8 Å². The van der Waals surface area contributed by atoms with Gasteiger partial charge in [-0.05, 0) is 43.7 Å². The number of hydrogen-bond acceptors (Lipinski definition) is 11. The first-order valence-corrected chi connectivity index (χ1v) is 15.3. The van der Waals surface area contributed by atoms with E-state index >= 15 is 0 Å². The fourth-order valence-corrected chi connectivity index (χ4v) is 5.27. The largest absolute Gasteiger partial charge is 0.471 e. The third-order valence-corrected chi connectivity index (χ3v) is 7.97. The van der Waals surface area contributed by atoms with Gasteiger partial charge in [0.05, 0.1) is 52.5 Å². The minimum Gasteiger partial charge on any atom is -0.378 e. The van der Waals surface area contributed by atoms with E-state index in [0.29, 0.717) is 64.8 Å². The topological polar surface area (TPSA) is 199 Å². The van der Waals surface area contributed by atoms with Crippen LogP contribution in [0.1, 0.15) is 19.4 Å². The van der Waals surface area contributed by atoms with Crippen LogP contribution >= 0.6 is 7.82 Å². The molecule has 1 saturated heterocycles. The highest BCUT2D eigenvalue weighted by Crippen LogP contribution is 2.36. The first-order chi connectivity index (χ1) is 21.5. The molecule has 5 heterocycles. The van der Waals surface area contributed by atoms with Crippen LogP contribution in [0.3, 0.4) is 0 Å². The van der Waals surface area contributed by atoms with Crippen molar-refractivity contribution in [1.82, 2.24) is 29.1 Å². The summed E-state index contributed by atoms with van der Waals surface area (Å²) in [5.41, 5.74) is 0.179. The second-order valence-corrected chi connectivity index (χ2v) is 12.1. The number of phosphoric ester groups is 1. The molecule has 5 aromatic rings. The van der Waals surface area contributed by atoms with E-state index in [4.69, 9.17) is 9.72 Å². The molecule has 0 aliphatic carbocycles. The van der Waals surface area contributed by atoms with Gasteiger partial charge in [-0.1, -0.05) is 12.1 Å². The molecule has 0 atom stereocenters. The summed E-state index contributed by atoms with van der Waals surface area (Å²) in [6, 6.07) is 12.3. The second kappa shape index (κ2) is 11.6. The summed E-state index contributed by atoms with van der Waals surface area (Å²) in [4.78, 5) is 66.1. The molecule has 0 spiro atoms. The quantitative estimate of drug-likeness (QED) is 0.196. The number of nitriles is 1. The van der Waals surface area contributed by atoms with Crippen LogP contribution in [0.15, 0.2) is 64.6 Å². The number of hydrogen-bond donors (Lipinski definition) is 2. The zero-order valence-corrected chi connectivity index (χ0v) is 25.1. The van der Waals surface area contributed by atoms with Crippen LogP contribution in [-0.2, 0) is 26.0 Å². The smallest absolute Gasteiger partial charge is 0.378 e. The first kappa shape index (κ1) is 30.2. The van der Waals surface area contributed by atoms with Gasteiger partial charge in [0.2, 0.25) is 5.95 Å². The maximum atomic E-state index is 13.9. The van der Waals surface area contributed by atoms with Gasteiger partial charge in [-0.2, -0.15) is 5.26 Å². The average Bonchev–Trinajstić information content (AvgIpc) is 3.04. The van der Waals surface area contributed by atoms with Crippen molar-refractivity contribution in [3.8, 4) is 23.0 Å². The molecule has 0 saturated carbocycles. The molecule has 2 N–H and O–H groups in total. The third kappa shape index (κ3) is 5.85. The normalized spacial score (nSPS) is 14.2. The van der Waals surface area contributed by atoms with Gasteiger partial charge in [0, 0.05) is 37.2 Å². The SMILES string of the molecule is CC(C)(C#N)c1ccc(-n2c(=O)n(COP(=O)(O)O)c(=O)c3cnc4ccc(-c5cnc(N6CCOCC6)nc5)nc4c32)cc1. The van der Waals surface area contributed by atoms with Crippen molar-refractivity contribution in [2.45, 2.75) is 26.0 Å². The van der Waals surface area contributed by atoms with Crippen LogP contribution in [0.5, 0.6) is 0 Å². The summed E-state index contributed by atoms with van der Waals surface area (Å²) in [5.74, 6) is 0.560. The first-order valence-electron chi connectivity index (χ1n) is 13.8. The molecule has 0 amide bonds. The van der Waals surface area contributed by atoms with Gasteiger partial charge in [-0.15, -0.1) is 0 Å². The number of pyridine rings is 2. The van der Waals surface area contributed by atoms with E-state index in [9.17, 15) is 29.2 Å². The van der Waals surface area contributed by atoms with Gasteiger partial charge < -0.3 is 19.4 Å². The minimum atomic E-state index is -5.03. The van der Waals surface area contributed by atoms with Crippen molar-refractivity contribution in [2.75, 3.05) is 31.2 Å². The number of ether oxygens (including phenoxy) is 1. The zero-order chi connectivity index (χ0) is 31.9. The van der Waals surface area contributed by atoms with E-state index in [0.717, 1.165) is 0 Å². The molecule has 1 aromatic carbocycles. The number of phosphoric acid groups is 1. The molecule has 1 aliphatic heterocycles. The Morgan fingerprint density at radius 1 is 1.02 bits per heavy atom. The minimum absolute atomic E-state index is 0.0404. The predicted molar refractivity (Wildman–Crippen MR) is 163 cm³/mol. The number of rotatable bonds is 7. The fraction of sp³-hybridized carbons (Fsp3) is 0.276. The van der Waals surface area contributed by atoms with Crippen molar-refractivity contribution in [1.29, 1.82) is 5.26 Å². The maximum absolute atomic E-state index is 13.9. The standard InChI is InChI=1S/C29H27N8O7P/c1-29(2,16-30)19-3-5-20(6-4-19)37-25-21(26(38)36(28(37)39)17-44-45(40,41)42)15-31-23-8-7-22(34-24(23)25)18-13-32-27(33-14-18)35-9-11-43-12-10-35/h3-8,13-15H,9-12,17H2,1-2H3,(H2,40,41,42). The molecular weight excluding hydrogens is 603 g/mol. The molecule has 16 heteroatoms. The third-order valence-electron chi connectivity index (χ3n) is 7.52. The Balaban J connectivity index is 1.56. The molecule has 15 nitrogen and oxygen atoms in total. The highest BCUT2D eigenvalue weighted by atomic mass is 31.2. The van der Waals surface area contributed by atoms with E-state index in [-0.39, 0.29) is 16.4 Å². The average molecular weight is 631 g/mol. The van der Waals surface area contributed by atoms with Crippen molar-refractivity contribution in [3.05, 3.63) is 81.4 Å². The van der Waals surface area contributed by atoms with Crippen LogP contribution in [0.2, 0.25) is 0 Å². The van der Waals surface area contributed by atoms with Gasteiger partial charge in [0.15, 0.2) is 0 Å². The summed E-state index contributed by atoms with van der Waals surface area (Å²) in [6.07, 6.45) is 4.55. The van der Waals surface area contributed by atoms with E-state index in [1.54, 1.807) is 62.6 Å². The number of benzene rings is 1. The zero-order valence-electron chi connectivity index (χ0n) is 24.2. The summed E-state index contributed by atoms with van der Waals surface area (Å²) < 4.78 is 23.2. The van der Waals surface area contributed by atoms with Crippen molar-refractivity contribution < 1.29 is 23.6 Å². The maximum Gasteiger partial charge on any atom is 0.471 e. The molecule has 0 unspecified atom stereocenters. The molecule has 6 rings (SSSR count). The lowest BCUT2D eigenvalue weighted by molar-refractivity contribution is 0.122. The van der Waals surface area contributed by atoms with Crippen molar-refractivity contribution in [3.63, 3.8) is 0 Å². The molecule has 230 valence electrons. The van der Waals surface area contributed by atoms with E-state index < -0.39 is 31.2 Å². The van der Waals surface area contributed by atoms with Crippen LogP contribution in [0, 0.1) is 11.3 Å². The monoisotopic (exact) mass is 630 g/mol. The lowest BCUT2D eigenvalue weighted by Gasteiger charge is -2.26. The van der Waals surface area contributed by atoms with Gasteiger partial charge in [0.25, 0.3) is 5.56 Å². The Hall–Kier alpha value is -4.84. The number of nitrogens with zero attached hydrogens (tertiary/aromatic N) is 8. The summed E-state index contributed by atoms with van der Waals surface area (Å²) in [7, 11) is -5.03. The van der Waals surface area contributed by atoms with Gasteiger partial charge in [-0.3, -0.25) is 18.9 Å². The molecule has 1 aliphatic rings. The molecule has 45 heavy (non-hydrogen) atoms. The van der Waals surface area contributed by atoms with Gasteiger partial charge in [-0.25, -0.2) is 28.9 Å². The van der Waals surface area contributed by atoms with E-state index in [1.807, 2.05) is 4.90 Å². The fourth-order valence-electron chi connectivity index (χ4n) is 5.00. The van der Waals surface area contributed by atoms with Crippen LogP contribution in [0.25, 0.3) is 38.9 Å².